The summed E-state index contributed by atoms with van der Waals surface area (Å²) in [5, 5.41) is 6.35. The molecule has 0 unspecified atom stereocenters. The summed E-state index contributed by atoms with van der Waals surface area (Å²) < 4.78 is 5.66. The van der Waals surface area contributed by atoms with Gasteiger partial charge in [0, 0.05) is 32.7 Å². The minimum Gasteiger partial charge on any atom is -0.491 e. The SMILES string of the molecule is CC(C)Oc1cccc(CC(=O)NCCCN2CCNCC2)c1. The Balaban J connectivity index is 1.66. The zero-order valence-electron chi connectivity index (χ0n) is 14.3. The number of amides is 1. The maximum Gasteiger partial charge on any atom is 0.224 e. The average molecular weight is 319 g/mol. The van der Waals surface area contributed by atoms with Gasteiger partial charge in [-0.1, -0.05) is 12.1 Å². The van der Waals surface area contributed by atoms with Gasteiger partial charge in [0.25, 0.3) is 0 Å². The molecule has 0 spiro atoms. The van der Waals surface area contributed by atoms with Gasteiger partial charge >= 0.3 is 0 Å². The van der Waals surface area contributed by atoms with Crippen molar-refractivity contribution in [1.29, 1.82) is 0 Å². The van der Waals surface area contributed by atoms with E-state index >= 15 is 0 Å². The van der Waals surface area contributed by atoms with Gasteiger partial charge in [-0.15, -0.1) is 0 Å². The summed E-state index contributed by atoms with van der Waals surface area (Å²) in [6.45, 7) is 10.1. The van der Waals surface area contributed by atoms with Gasteiger partial charge < -0.3 is 20.3 Å². The summed E-state index contributed by atoms with van der Waals surface area (Å²) in [4.78, 5) is 14.5. The molecule has 2 rings (SSSR count). The van der Waals surface area contributed by atoms with E-state index in [1.807, 2.05) is 38.1 Å². The number of rotatable bonds is 8. The molecule has 23 heavy (non-hydrogen) atoms. The Morgan fingerprint density at radius 3 is 2.87 bits per heavy atom. The molecular weight excluding hydrogens is 290 g/mol. The Labute approximate surface area is 139 Å². The van der Waals surface area contributed by atoms with Gasteiger partial charge in [-0.05, 0) is 44.5 Å². The van der Waals surface area contributed by atoms with E-state index in [0.717, 1.165) is 57.0 Å². The van der Waals surface area contributed by atoms with Gasteiger partial charge in [0.05, 0.1) is 12.5 Å². The number of benzene rings is 1. The molecule has 5 heteroatoms. The molecule has 0 aromatic heterocycles. The van der Waals surface area contributed by atoms with Crippen LogP contribution in [0.5, 0.6) is 5.75 Å². The normalized spacial score (nSPS) is 15.6. The summed E-state index contributed by atoms with van der Waals surface area (Å²) >= 11 is 0. The Bertz CT molecular complexity index is 485. The van der Waals surface area contributed by atoms with Crippen molar-refractivity contribution in [2.24, 2.45) is 0 Å². The van der Waals surface area contributed by atoms with E-state index in [2.05, 4.69) is 15.5 Å². The van der Waals surface area contributed by atoms with Crippen molar-refractivity contribution >= 4 is 5.91 Å². The van der Waals surface area contributed by atoms with Crippen LogP contribution in [0.1, 0.15) is 25.8 Å². The summed E-state index contributed by atoms with van der Waals surface area (Å²) in [6, 6.07) is 7.77. The van der Waals surface area contributed by atoms with E-state index in [-0.39, 0.29) is 12.0 Å². The van der Waals surface area contributed by atoms with Crippen LogP contribution >= 0.6 is 0 Å². The van der Waals surface area contributed by atoms with Crippen LogP contribution in [-0.4, -0.2) is 56.2 Å². The molecule has 0 atom stereocenters. The fourth-order valence-electron chi connectivity index (χ4n) is 2.71. The van der Waals surface area contributed by atoms with Crippen molar-refractivity contribution in [3.8, 4) is 5.75 Å². The number of hydrogen-bond donors (Lipinski definition) is 2. The Morgan fingerprint density at radius 2 is 2.13 bits per heavy atom. The fourth-order valence-corrected chi connectivity index (χ4v) is 2.71. The molecule has 128 valence electrons. The highest BCUT2D eigenvalue weighted by Gasteiger charge is 2.09. The highest BCUT2D eigenvalue weighted by Crippen LogP contribution is 2.15. The van der Waals surface area contributed by atoms with Crippen LogP contribution in [0.25, 0.3) is 0 Å². The Morgan fingerprint density at radius 1 is 1.35 bits per heavy atom. The van der Waals surface area contributed by atoms with E-state index in [4.69, 9.17) is 4.74 Å². The lowest BCUT2D eigenvalue weighted by molar-refractivity contribution is -0.120. The van der Waals surface area contributed by atoms with Crippen LogP contribution in [0, 0.1) is 0 Å². The van der Waals surface area contributed by atoms with Crippen LogP contribution in [0.3, 0.4) is 0 Å². The molecule has 2 N–H and O–H groups in total. The van der Waals surface area contributed by atoms with Crippen molar-refractivity contribution in [1.82, 2.24) is 15.5 Å². The molecule has 1 amide bonds. The minimum absolute atomic E-state index is 0.0759. The third-order valence-electron chi connectivity index (χ3n) is 3.82. The zero-order valence-corrected chi connectivity index (χ0v) is 14.3. The molecule has 1 aromatic rings. The largest absolute Gasteiger partial charge is 0.491 e. The third kappa shape index (κ3) is 7.01. The standard InChI is InChI=1S/C18H29N3O2/c1-15(2)23-17-6-3-5-16(13-17)14-18(22)20-7-4-10-21-11-8-19-9-12-21/h3,5-6,13,15,19H,4,7-12,14H2,1-2H3,(H,20,22). The summed E-state index contributed by atoms with van der Waals surface area (Å²) in [5.74, 6) is 0.899. The Kier molecular flexibility index (Phi) is 7.36. The lowest BCUT2D eigenvalue weighted by Gasteiger charge is -2.27. The second kappa shape index (κ2) is 9.53. The number of piperazine rings is 1. The topological polar surface area (TPSA) is 53.6 Å². The predicted octanol–water partition coefficient (Wildman–Crippen LogP) is 1.43. The Hall–Kier alpha value is -1.59. The number of nitrogens with one attached hydrogen (secondary N) is 2. The van der Waals surface area contributed by atoms with Gasteiger partial charge in [-0.25, -0.2) is 0 Å². The average Bonchev–Trinajstić information content (AvgIpc) is 2.52. The second-order valence-corrected chi connectivity index (χ2v) is 6.29. The summed E-state index contributed by atoms with van der Waals surface area (Å²) in [6.07, 6.45) is 1.55. The third-order valence-corrected chi connectivity index (χ3v) is 3.82. The molecule has 5 nitrogen and oxygen atoms in total. The highest BCUT2D eigenvalue weighted by atomic mass is 16.5. The van der Waals surface area contributed by atoms with Gasteiger partial charge in [0.2, 0.25) is 5.91 Å². The first kappa shape index (κ1) is 17.8. The first-order valence-corrected chi connectivity index (χ1v) is 8.59. The quantitative estimate of drug-likeness (QED) is 0.712. The minimum atomic E-state index is 0.0759. The number of ether oxygens (including phenoxy) is 1. The molecule has 1 fully saturated rings. The van der Waals surface area contributed by atoms with Crippen molar-refractivity contribution in [2.75, 3.05) is 39.3 Å². The first-order chi connectivity index (χ1) is 11.1. The van der Waals surface area contributed by atoms with E-state index in [1.165, 1.54) is 0 Å². The van der Waals surface area contributed by atoms with E-state index in [9.17, 15) is 4.79 Å². The fraction of sp³-hybridized carbons (Fsp3) is 0.611. The number of carbonyl (C=O) groups excluding carboxylic acids is 1. The highest BCUT2D eigenvalue weighted by molar-refractivity contribution is 5.78. The van der Waals surface area contributed by atoms with Gasteiger partial charge in [-0.2, -0.15) is 0 Å². The first-order valence-electron chi connectivity index (χ1n) is 8.59. The lowest BCUT2D eigenvalue weighted by Crippen LogP contribution is -2.44. The number of nitrogens with zero attached hydrogens (tertiary/aromatic N) is 1. The molecule has 1 aliphatic heterocycles. The van der Waals surface area contributed by atoms with Crippen LogP contribution in [0.2, 0.25) is 0 Å². The predicted molar refractivity (Wildman–Crippen MR) is 92.8 cm³/mol. The summed E-state index contributed by atoms with van der Waals surface area (Å²) in [7, 11) is 0. The van der Waals surface area contributed by atoms with Crippen molar-refractivity contribution < 1.29 is 9.53 Å². The maximum absolute atomic E-state index is 12.0. The van der Waals surface area contributed by atoms with E-state index in [0.29, 0.717) is 6.42 Å². The monoisotopic (exact) mass is 319 g/mol. The van der Waals surface area contributed by atoms with Gasteiger partial charge in [0.15, 0.2) is 0 Å². The van der Waals surface area contributed by atoms with E-state index < -0.39 is 0 Å². The van der Waals surface area contributed by atoms with Crippen LogP contribution in [0.4, 0.5) is 0 Å². The van der Waals surface area contributed by atoms with Gasteiger partial charge in [0.1, 0.15) is 5.75 Å². The second-order valence-electron chi connectivity index (χ2n) is 6.29. The maximum atomic E-state index is 12.0. The van der Waals surface area contributed by atoms with Crippen LogP contribution < -0.4 is 15.4 Å². The molecule has 0 bridgehead atoms. The molecule has 1 heterocycles. The van der Waals surface area contributed by atoms with E-state index in [1.54, 1.807) is 0 Å². The van der Waals surface area contributed by atoms with Crippen LogP contribution in [-0.2, 0) is 11.2 Å². The molecule has 1 saturated heterocycles. The smallest absolute Gasteiger partial charge is 0.224 e. The molecule has 0 aliphatic carbocycles. The van der Waals surface area contributed by atoms with Crippen molar-refractivity contribution in [3.63, 3.8) is 0 Å². The number of carbonyl (C=O) groups is 1. The molecule has 0 radical (unpaired) electrons. The number of hydrogen-bond acceptors (Lipinski definition) is 4. The van der Waals surface area contributed by atoms with Crippen molar-refractivity contribution in [2.45, 2.75) is 32.8 Å². The lowest BCUT2D eigenvalue weighted by atomic mass is 10.1. The summed E-state index contributed by atoms with van der Waals surface area (Å²) in [5.41, 5.74) is 0.989. The van der Waals surface area contributed by atoms with Gasteiger partial charge in [-0.3, -0.25) is 4.79 Å². The van der Waals surface area contributed by atoms with Crippen molar-refractivity contribution in [3.05, 3.63) is 29.8 Å². The molecule has 1 aliphatic rings. The zero-order chi connectivity index (χ0) is 16.5. The van der Waals surface area contributed by atoms with Crippen LogP contribution in [0.15, 0.2) is 24.3 Å². The molecule has 1 aromatic carbocycles. The molecular formula is C18H29N3O2. The molecule has 0 saturated carbocycles.